The summed E-state index contributed by atoms with van der Waals surface area (Å²) in [6.07, 6.45) is 4.10. The van der Waals surface area contributed by atoms with Gasteiger partial charge in [0.15, 0.2) is 0 Å². The Hall–Kier alpha value is -4.36. The van der Waals surface area contributed by atoms with Crippen molar-refractivity contribution in [3.05, 3.63) is 47.7 Å². The Morgan fingerprint density at radius 1 is 1.04 bits per heavy atom. The number of carboxylic acid groups (broad SMARTS) is 1. The SMILES string of the molecule is CCc1ccc2ccc(C=CC(C(=O)NC(C(=O)NC(C)C(=O)N3CCCC(C(=O)O)N3)C(C)C)C(C)OC(=O)C(N)C(C)C)cc2n1. The van der Waals surface area contributed by atoms with Crippen LogP contribution in [-0.2, 0) is 35.1 Å². The lowest BCUT2D eigenvalue weighted by Gasteiger charge is -2.34. The zero-order valence-corrected chi connectivity index (χ0v) is 28.9. The lowest BCUT2D eigenvalue weighted by Crippen LogP contribution is -2.61. The lowest BCUT2D eigenvalue weighted by atomic mass is 9.97. The minimum atomic E-state index is -1.07. The average Bonchev–Trinajstić information content (AvgIpc) is 3.05. The van der Waals surface area contributed by atoms with Gasteiger partial charge in [0.25, 0.3) is 5.91 Å². The van der Waals surface area contributed by atoms with Crippen LogP contribution in [0.5, 0.6) is 0 Å². The number of pyridine rings is 1. The number of fused-ring (bicyclic) bond motifs is 1. The van der Waals surface area contributed by atoms with E-state index in [1.807, 2.05) is 37.3 Å². The molecule has 1 aliphatic rings. The molecule has 1 aliphatic heterocycles. The van der Waals surface area contributed by atoms with Gasteiger partial charge < -0.3 is 26.2 Å². The Morgan fingerprint density at radius 3 is 2.35 bits per heavy atom. The molecule has 6 atom stereocenters. The van der Waals surface area contributed by atoms with Crippen LogP contribution in [0.25, 0.3) is 17.0 Å². The lowest BCUT2D eigenvalue weighted by molar-refractivity contribution is -0.154. The van der Waals surface area contributed by atoms with Crippen LogP contribution in [0.15, 0.2) is 36.4 Å². The predicted molar refractivity (Wildman–Crippen MR) is 182 cm³/mol. The molecule has 13 heteroatoms. The number of ether oxygens (including phenoxy) is 1. The number of aliphatic carboxylic acids is 1. The van der Waals surface area contributed by atoms with Gasteiger partial charge in [-0.2, -0.15) is 0 Å². The van der Waals surface area contributed by atoms with Crippen molar-refractivity contribution in [2.75, 3.05) is 6.54 Å². The highest BCUT2D eigenvalue weighted by Gasteiger charge is 2.35. The van der Waals surface area contributed by atoms with Crippen LogP contribution in [0.2, 0.25) is 0 Å². The number of nitrogens with one attached hydrogen (secondary N) is 3. The molecule has 1 fully saturated rings. The molecule has 0 saturated carbocycles. The van der Waals surface area contributed by atoms with Crippen molar-refractivity contribution in [2.45, 2.75) is 98.0 Å². The highest BCUT2D eigenvalue weighted by atomic mass is 16.5. The van der Waals surface area contributed by atoms with Crippen LogP contribution in [-0.4, -0.2) is 81.6 Å². The summed E-state index contributed by atoms with van der Waals surface area (Å²) in [5.41, 5.74) is 11.2. The maximum Gasteiger partial charge on any atom is 0.323 e. The quantitative estimate of drug-likeness (QED) is 0.187. The van der Waals surface area contributed by atoms with Gasteiger partial charge in [-0.1, -0.05) is 65.0 Å². The van der Waals surface area contributed by atoms with Crippen molar-refractivity contribution in [1.82, 2.24) is 26.1 Å². The monoisotopic (exact) mass is 666 g/mol. The van der Waals surface area contributed by atoms with Crippen LogP contribution in [0.1, 0.15) is 72.6 Å². The van der Waals surface area contributed by atoms with E-state index in [2.05, 4.69) is 21.0 Å². The standard InChI is InChI=1S/C35H50N6O7/c1-8-25-15-14-24-13-11-23(18-28(24)38-25)12-16-26(22(7)48-35(47)29(36)19(2)3)31(42)39-30(20(4)5)32(43)37-21(6)33(44)41-17-9-10-27(40-41)34(45)46/h11-16,18-22,26-27,29-30,40H,8-10,17,36H2,1-7H3,(H,37,43)(H,39,42)(H,45,46). The number of carbonyl (C=O) groups excluding carboxylic acids is 4. The first-order valence-corrected chi connectivity index (χ1v) is 16.6. The number of rotatable bonds is 14. The Morgan fingerprint density at radius 2 is 1.73 bits per heavy atom. The average molecular weight is 667 g/mol. The first-order chi connectivity index (χ1) is 22.6. The summed E-state index contributed by atoms with van der Waals surface area (Å²) < 4.78 is 5.65. The van der Waals surface area contributed by atoms with E-state index >= 15 is 0 Å². The van der Waals surface area contributed by atoms with Gasteiger partial charge in [0.1, 0.15) is 30.3 Å². The fourth-order valence-corrected chi connectivity index (χ4v) is 5.26. The molecule has 3 rings (SSSR count). The first kappa shape index (κ1) is 38.1. The van der Waals surface area contributed by atoms with Crippen molar-refractivity contribution in [3.8, 4) is 0 Å². The third-order valence-electron chi connectivity index (χ3n) is 8.46. The second-order valence-corrected chi connectivity index (χ2v) is 13.0. The van der Waals surface area contributed by atoms with E-state index in [4.69, 9.17) is 10.5 Å². The molecule has 6 N–H and O–H groups in total. The number of amides is 3. The van der Waals surface area contributed by atoms with E-state index in [0.29, 0.717) is 19.4 Å². The molecule has 0 bridgehead atoms. The Kier molecular flexibility index (Phi) is 13.6. The topological polar surface area (TPSA) is 193 Å². The maximum atomic E-state index is 13.9. The van der Waals surface area contributed by atoms with Gasteiger partial charge in [-0.15, -0.1) is 0 Å². The van der Waals surface area contributed by atoms with Crippen molar-refractivity contribution in [1.29, 1.82) is 0 Å². The van der Waals surface area contributed by atoms with Crippen LogP contribution < -0.4 is 21.8 Å². The predicted octanol–water partition coefficient (Wildman–Crippen LogP) is 2.57. The van der Waals surface area contributed by atoms with Gasteiger partial charge in [-0.05, 0) is 62.6 Å². The van der Waals surface area contributed by atoms with E-state index in [-0.39, 0.29) is 11.8 Å². The number of esters is 1. The van der Waals surface area contributed by atoms with Crippen molar-refractivity contribution >= 4 is 46.6 Å². The van der Waals surface area contributed by atoms with E-state index < -0.39 is 65.8 Å². The second-order valence-electron chi connectivity index (χ2n) is 13.0. The molecule has 0 aliphatic carbocycles. The summed E-state index contributed by atoms with van der Waals surface area (Å²) in [6, 6.07) is 5.90. The van der Waals surface area contributed by atoms with Crippen molar-refractivity contribution < 1.29 is 33.8 Å². The molecular weight excluding hydrogens is 616 g/mol. The number of hydrogen-bond donors (Lipinski definition) is 5. The molecule has 6 unspecified atom stereocenters. The smallest absolute Gasteiger partial charge is 0.323 e. The summed E-state index contributed by atoms with van der Waals surface area (Å²) in [5, 5.41) is 17.0. The van der Waals surface area contributed by atoms with Crippen LogP contribution in [0.4, 0.5) is 0 Å². The van der Waals surface area contributed by atoms with E-state index in [1.165, 1.54) is 11.9 Å². The number of nitrogens with two attached hydrogens (primary N) is 1. The highest BCUT2D eigenvalue weighted by molar-refractivity contribution is 5.93. The molecule has 13 nitrogen and oxygen atoms in total. The first-order valence-electron chi connectivity index (χ1n) is 16.6. The van der Waals surface area contributed by atoms with Gasteiger partial charge >= 0.3 is 11.9 Å². The minimum absolute atomic E-state index is 0.181. The summed E-state index contributed by atoms with van der Waals surface area (Å²) in [5.74, 6) is -4.92. The van der Waals surface area contributed by atoms with Crippen LogP contribution >= 0.6 is 0 Å². The highest BCUT2D eigenvalue weighted by Crippen LogP contribution is 2.20. The molecule has 1 aromatic carbocycles. The van der Waals surface area contributed by atoms with Gasteiger partial charge in [0.2, 0.25) is 11.8 Å². The van der Waals surface area contributed by atoms with Crippen molar-refractivity contribution in [3.63, 3.8) is 0 Å². The van der Waals surface area contributed by atoms with Crippen LogP contribution in [0.3, 0.4) is 0 Å². The summed E-state index contributed by atoms with van der Waals surface area (Å²) in [4.78, 5) is 69.2. The molecule has 0 spiro atoms. The zero-order chi connectivity index (χ0) is 35.7. The number of aromatic nitrogens is 1. The second kappa shape index (κ2) is 17.2. The number of carboxylic acids is 1. The van der Waals surface area contributed by atoms with Crippen molar-refractivity contribution in [2.24, 2.45) is 23.5 Å². The van der Waals surface area contributed by atoms with Gasteiger partial charge in [-0.25, -0.2) is 5.43 Å². The largest absolute Gasteiger partial charge is 0.480 e. The number of hydrogen-bond acceptors (Lipinski definition) is 9. The van der Waals surface area contributed by atoms with Gasteiger partial charge in [0.05, 0.1) is 11.4 Å². The summed E-state index contributed by atoms with van der Waals surface area (Å²) in [7, 11) is 0. The Balaban J connectivity index is 1.82. The van der Waals surface area contributed by atoms with Gasteiger partial charge in [-0.3, -0.25) is 34.0 Å². The molecular formula is C35H50N6O7. The third-order valence-corrected chi connectivity index (χ3v) is 8.46. The van der Waals surface area contributed by atoms with E-state index in [0.717, 1.165) is 28.6 Å². The van der Waals surface area contributed by atoms with Gasteiger partial charge in [0, 0.05) is 17.6 Å². The molecule has 262 valence electrons. The summed E-state index contributed by atoms with van der Waals surface area (Å²) in [6.45, 7) is 12.5. The fraction of sp³-hybridized carbons (Fsp3) is 0.543. The zero-order valence-electron chi connectivity index (χ0n) is 28.9. The third kappa shape index (κ3) is 10.1. The fourth-order valence-electron chi connectivity index (χ4n) is 5.26. The van der Waals surface area contributed by atoms with E-state index in [9.17, 15) is 29.1 Å². The maximum absolute atomic E-state index is 13.9. The van der Waals surface area contributed by atoms with E-state index in [1.54, 1.807) is 46.8 Å². The molecule has 0 radical (unpaired) electrons. The Bertz CT molecular complexity index is 1510. The Labute approximate surface area is 282 Å². The molecule has 1 aromatic heterocycles. The van der Waals surface area contributed by atoms with Crippen LogP contribution in [0, 0.1) is 17.8 Å². The number of carbonyl (C=O) groups is 5. The molecule has 48 heavy (non-hydrogen) atoms. The number of hydrazine groups is 1. The molecule has 3 amide bonds. The minimum Gasteiger partial charge on any atom is -0.480 e. The molecule has 2 aromatic rings. The molecule has 2 heterocycles. The molecule has 1 saturated heterocycles. The number of benzene rings is 1. The summed E-state index contributed by atoms with van der Waals surface area (Å²) >= 11 is 0. The number of aryl methyl sites for hydroxylation is 1. The normalized spacial score (nSPS) is 18.3. The number of nitrogens with zero attached hydrogens (tertiary/aromatic N) is 2.